The number of carbonyl (C=O) groups excluding carboxylic acids is 1. The van der Waals surface area contributed by atoms with Gasteiger partial charge >= 0.3 is 0 Å². The van der Waals surface area contributed by atoms with Gasteiger partial charge in [0.25, 0.3) is 0 Å². The fourth-order valence-electron chi connectivity index (χ4n) is 2.51. The molecule has 1 aliphatic carbocycles. The van der Waals surface area contributed by atoms with Crippen LogP contribution in [0.4, 0.5) is 0 Å². The summed E-state index contributed by atoms with van der Waals surface area (Å²) in [5.74, 6) is 0.171. The minimum Gasteiger partial charge on any atom is -0.300 e. The standard InChI is InChI=1S/C11H19NO3S/c1-11(2)8-9(13)6-7-12(11)16(14,15)10-4-3-5-10/h10H,3-8H2,1-2H3. The summed E-state index contributed by atoms with van der Waals surface area (Å²) in [4.78, 5) is 11.4. The molecule has 1 heterocycles. The molecule has 2 rings (SSSR count). The summed E-state index contributed by atoms with van der Waals surface area (Å²) < 4.78 is 26.2. The lowest BCUT2D eigenvalue weighted by Gasteiger charge is -2.43. The number of hydrogen-bond donors (Lipinski definition) is 0. The van der Waals surface area contributed by atoms with Gasteiger partial charge < -0.3 is 0 Å². The van der Waals surface area contributed by atoms with Crippen LogP contribution in [0.3, 0.4) is 0 Å². The van der Waals surface area contributed by atoms with Crippen molar-refractivity contribution in [2.24, 2.45) is 0 Å². The first-order valence-corrected chi connectivity index (χ1v) is 7.38. The van der Waals surface area contributed by atoms with Crippen molar-refractivity contribution >= 4 is 15.8 Å². The van der Waals surface area contributed by atoms with Gasteiger partial charge in [-0.2, -0.15) is 4.31 Å². The van der Waals surface area contributed by atoms with E-state index >= 15 is 0 Å². The lowest BCUT2D eigenvalue weighted by molar-refractivity contribution is -0.123. The van der Waals surface area contributed by atoms with Crippen molar-refractivity contribution in [2.75, 3.05) is 6.54 Å². The maximum absolute atomic E-state index is 12.3. The highest BCUT2D eigenvalue weighted by atomic mass is 32.2. The van der Waals surface area contributed by atoms with Crippen LogP contribution < -0.4 is 0 Å². The topological polar surface area (TPSA) is 54.5 Å². The predicted octanol–water partition coefficient (Wildman–Crippen LogP) is 1.31. The summed E-state index contributed by atoms with van der Waals surface area (Å²) in [6.45, 7) is 4.06. The molecule has 92 valence electrons. The van der Waals surface area contributed by atoms with Crippen LogP contribution in [0.1, 0.15) is 46.0 Å². The van der Waals surface area contributed by atoms with Gasteiger partial charge in [0.1, 0.15) is 5.78 Å². The Bertz CT molecular complexity index is 395. The van der Waals surface area contributed by atoms with Crippen molar-refractivity contribution in [3.8, 4) is 0 Å². The summed E-state index contributed by atoms with van der Waals surface area (Å²) in [5.41, 5.74) is -0.538. The number of carbonyl (C=O) groups is 1. The Morgan fingerprint density at radius 2 is 1.94 bits per heavy atom. The molecule has 0 radical (unpaired) electrons. The zero-order chi connectivity index (χ0) is 12.0. The van der Waals surface area contributed by atoms with E-state index in [1.165, 1.54) is 0 Å². The molecule has 2 aliphatic rings. The first-order valence-electron chi connectivity index (χ1n) is 5.87. The number of rotatable bonds is 2. The second kappa shape index (κ2) is 3.81. The van der Waals surface area contributed by atoms with Crippen LogP contribution in [0.5, 0.6) is 0 Å². The number of nitrogens with zero attached hydrogens (tertiary/aromatic N) is 1. The van der Waals surface area contributed by atoms with Gasteiger partial charge in [-0.3, -0.25) is 4.79 Å². The Morgan fingerprint density at radius 1 is 1.31 bits per heavy atom. The average Bonchev–Trinajstić information content (AvgIpc) is 1.95. The molecule has 5 heteroatoms. The number of ketones is 1. The van der Waals surface area contributed by atoms with Crippen LogP contribution in [0, 0.1) is 0 Å². The SMILES string of the molecule is CC1(C)CC(=O)CCN1S(=O)(=O)C1CCC1. The molecule has 0 aromatic carbocycles. The highest BCUT2D eigenvalue weighted by Gasteiger charge is 2.45. The summed E-state index contributed by atoms with van der Waals surface area (Å²) >= 11 is 0. The van der Waals surface area contributed by atoms with E-state index in [1.54, 1.807) is 4.31 Å². The predicted molar refractivity (Wildman–Crippen MR) is 61.6 cm³/mol. The zero-order valence-corrected chi connectivity index (χ0v) is 10.7. The van der Waals surface area contributed by atoms with Crippen LogP contribution in [0.25, 0.3) is 0 Å². The highest BCUT2D eigenvalue weighted by Crippen LogP contribution is 2.35. The number of sulfonamides is 1. The van der Waals surface area contributed by atoms with Gasteiger partial charge in [-0.05, 0) is 26.7 Å². The van der Waals surface area contributed by atoms with Gasteiger partial charge in [0.15, 0.2) is 0 Å². The summed E-state index contributed by atoms with van der Waals surface area (Å²) in [5, 5.41) is -0.194. The molecule has 0 unspecified atom stereocenters. The second-order valence-electron chi connectivity index (χ2n) is 5.45. The minimum absolute atomic E-state index is 0.171. The Hall–Kier alpha value is -0.420. The van der Waals surface area contributed by atoms with Crippen LogP contribution in [0.2, 0.25) is 0 Å². The third kappa shape index (κ3) is 1.91. The van der Waals surface area contributed by atoms with E-state index in [1.807, 2.05) is 13.8 Å². The van der Waals surface area contributed by atoms with Gasteiger partial charge in [0, 0.05) is 24.9 Å². The zero-order valence-electron chi connectivity index (χ0n) is 9.90. The van der Waals surface area contributed by atoms with Crippen LogP contribution in [0.15, 0.2) is 0 Å². The lowest BCUT2D eigenvalue weighted by atomic mass is 9.92. The van der Waals surface area contributed by atoms with E-state index in [0.29, 0.717) is 19.4 Å². The molecule has 0 atom stereocenters. The van der Waals surface area contributed by atoms with Gasteiger partial charge in [-0.1, -0.05) is 6.42 Å². The van der Waals surface area contributed by atoms with Crippen LogP contribution in [-0.2, 0) is 14.8 Å². The maximum atomic E-state index is 12.3. The Balaban J connectivity index is 2.22. The molecule has 16 heavy (non-hydrogen) atoms. The van der Waals surface area contributed by atoms with Crippen molar-refractivity contribution in [1.82, 2.24) is 4.31 Å². The Morgan fingerprint density at radius 3 is 2.38 bits per heavy atom. The molecule has 0 spiro atoms. The van der Waals surface area contributed by atoms with Crippen molar-refractivity contribution in [2.45, 2.75) is 56.7 Å². The van der Waals surface area contributed by atoms with E-state index in [4.69, 9.17) is 0 Å². The highest BCUT2D eigenvalue weighted by molar-refractivity contribution is 7.89. The fourth-order valence-corrected chi connectivity index (χ4v) is 4.90. The van der Waals surface area contributed by atoms with Crippen molar-refractivity contribution < 1.29 is 13.2 Å². The molecule has 1 saturated heterocycles. The van der Waals surface area contributed by atoms with Crippen LogP contribution >= 0.6 is 0 Å². The van der Waals surface area contributed by atoms with Gasteiger partial charge in [0.05, 0.1) is 5.25 Å². The van der Waals surface area contributed by atoms with Gasteiger partial charge in [-0.25, -0.2) is 8.42 Å². The number of piperidine rings is 1. The largest absolute Gasteiger partial charge is 0.300 e. The first-order chi connectivity index (χ1) is 7.34. The van der Waals surface area contributed by atoms with E-state index in [-0.39, 0.29) is 11.0 Å². The first kappa shape index (κ1) is 12.0. The molecule has 1 saturated carbocycles. The minimum atomic E-state index is -3.18. The monoisotopic (exact) mass is 245 g/mol. The van der Waals surface area contributed by atoms with Gasteiger partial charge in [0.2, 0.25) is 10.0 Å². The average molecular weight is 245 g/mol. The molecule has 0 aromatic rings. The molecule has 4 nitrogen and oxygen atoms in total. The quantitative estimate of drug-likeness (QED) is 0.737. The Labute approximate surface area is 97.1 Å². The van der Waals surface area contributed by atoms with E-state index in [0.717, 1.165) is 19.3 Å². The molecule has 1 aliphatic heterocycles. The molecule has 0 aromatic heterocycles. The number of hydrogen-bond acceptors (Lipinski definition) is 3. The van der Waals surface area contributed by atoms with Crippen molar-refractivity contribution in [1.29, 1.82) is 0 Å². The van der Waals surface area contributed by atoms with Crippen molar-refractivity contribution in [3.05, 3.63) is 0 Å². The molecule has 2 fully saturated rings. The summed E-state index contributed by atoms with van der Waals surface area (Å²) in [6.07, 6.45) is 3.29. The van der Waals surface area contributed by atoms with Crippen LogP contribution in [-0.4, -0.2) is 35.8 Å². The summed E-state index contributed by atoms with van der Waals surface area (Å²) in [7, 11) is -3.18. The van der Waals surface area contributed by atoms with E-state index in [2.05, 4.69) is 0 Å². The molecular weight excluding hydrogens is 226 g/mol. The molecule has 0 amide bonds. The van der Waals surface area contributed by atoms with Crippen molar-refractivity contribution in [3.63, 3.8) is 0 Å². The molecule has 0 N–H and O–H groups in total. The lowest BCUT2D eigenvalue weighted by Crippen LogP contribution is -2.56. The maximum Gasteiger partial charge on any atom is 0.217 e. The third-order valence-electron chi connectivity index (χ3n) is 3.68. The third-order valence-corrected chi connectivity index (χ3v) is 6.28. The van der Waals surface area contributed by atoms with E-state index in [9.17, 15) is 13.2 Å². The second-order valence-corrected chi connectivity index (χ2v) is 7.59. The Kier molecular flexibility index (Phi) is 2.87. The number of Topliss-reactive ketones (excluding diaryl/α,β-unsaturated/α-hetero) is 1. The molecule has 0 bridgehead atoms. The fraction of sp³-hybridized carbons (Fsp3) is 0.909. The van der Waals surface area contributed by atoms with Gasteiger partial charge in [-0.15, -0.1) is 0 Å². The summed E-state index contributed by atoms with van der Waals surface area (Å²) in [6, 6.07) is 0. The smallest absolute Gasteiger partial charge is 0.217 e. The molecular formula is C11H19NO3S. The van der Waals surface area contributed by atoms with E-state index < -0.39 is 15.6 Å². The normalized spacial score (nSPS) is 27.8.